The van der Waals surface area contributed by atoms with Crippen LogP contribution in [0.1, 0.15) is 52.9 Å². The van der Waals surface area contributed by atoms with Crippen LogP contribution in [0, 0.1) is 0 Å². The van der Waals surface area contributed by atoms with Crippen molar-refractivity contribution in [3.05, 3.63) is 65.0 Å². The van der Waals surface area contributed by atoms with E-state index in [1.807, 2.05) is 12.1 Å². The first-order valence-electron chi connectivity index (χ1n) is 8.54. The Morgan fingerprint density at radius 3 is 2.65 bits per heavy atom. The summed E-state index contributed by atoms with van der Waals surface area (Å²) in [5.74, 6) is 0.742. The van der Waals surface area contributed by atoms with Gasteiger partial charge in [-0.2, -0.15) is 0 Å². The van der Waals surface area contributed by atoms with Crippen LogP contribution in [0.25, 0.3) is 0 Å². The Morgan fingerprint density at radius 1 is 1.22 bits per heavy atom. The second-order valence-corrected chi connectivity index (χ2v) is 6.28. The zero-order chi connectivity index (χ0) is 16.1. The van der Waals surface area contributed by atoms with Crippen molar-refractivity contribution in [1.82, 2.24) is 10.3 Å². The molecule has 3 rings (SSSR count). The van der Waals surface area contributed by atoms with E-state index in [2.05, 4.69) is 41.5 Å². The van der Waals surface area contributed by atoms with Crippen LogP contribution in [0.3, 0.4) is 0 Å². The average Bonchev–Trinajstić information content (AvgIpc) is 2.63. The first-order valence-corrected chi connectivity index (χ1v) is 8.54. The largest absolute Gasteiger partial charge is 0.316 e. The molecule has 1 aliphatic rings. The van der Waals surface area contributed by atoms with Gasteiger partial charge in [-0.1, -0.05) is 31.2 Å². The lowest BCUT2D eigenvalue weighted by Crippen LogP contribution is -2.28. The molecule has 1 saturated heterocycles. The number of pyridine rings is 1. The highest BCUT2D eigenvalue weighted by Gasteiger charge is 2.15. The Morgan fingerprint density at radius 2 is 2.04 bits per heavy atom. The third-order valence-corrected chi connectivity index (χ3v) is 4.62. The zero-order valence-corrected chi connectivity index (χ0v) is 13.7. The van der Waals surface area contributed by atoms with Crippen LogP contribution in [0.4, 0.5) is 0 Å². The fourth-order valence-electron chi connectivity index (χ4n) is 3.13. The zero-order valence-electron chi connectivity index (χ0n) is 13.7. The van der Waals surface area contributed by atoms with E-state index in [9.17, 15) is 4.79 Å². The summed E-state index contributed by atoms with van der Waals surface area (Å²) in [6, 6.07) is 12.4. The number of benzene rings is 1. The van der Waals surface area contributed by atoms with Crippen LogP contribution in [0.15, 0.2) is 42.6 Å². The van der Waals surface area contributed by atoms with Crippen LogP contribution in [0.5, 0.6) is 0 Å². The molecule has 0 amide bonds. The fourth-order valence-corrected chi connectivity index (χ4v) is 3.13. The topological polar surface area (TPSA) is 42.0 Å². The molecule has 3 heteroatoms. The van der Waals surface area contributed by atoms with Gasteiger partial charge >= 0.3 is 0 Å². The number of carbonyl (C=O) groups excluding carboxylic acids is 1. The number of hydrogen-bond acceptors (Lipinski definition) is 3. The number of aromatic nitrogens is 1. The van der Waals surface area contributed by atoms with Crippen molar-refractivity contribution in [2.24, 2.45) is 0 Å². The third-order valence-electron chi connectivity index (χ3n) is 4.62. The summed E-state index contributed by atoms with van der Waals surface area (Å²) in [7, 11) is 0. The van der Waals surface area contributed by atoms with E-state index in [1.165, 1.54) is 18.4 Å². The summed E-state index contributed by atoms with van der Waals surface area (Å²) < 4.78 is 0. The molecule has 0 saturated carbocycles. The molecule has 1 aliphatic heterocycles. The minimum absolute atomic E-state index is 0.132. The summed E-state index contributed by atoms with van der Waals surface area (Å²) in [6.07, 6.45) is 5.53. The molecule has 1 fully saturated rings. The lowest BCUT2D eigenvalue weighted by atomic mass is 9.90. The van der Waals surface area contributed by atoms with Crippen molar-refractivity contribution in [1.29, 1.82) is 0 Å². The number of nitrogens with one attached hydrogen (secondary N) is 1. The van der Waals surface area contributed by atoms with E-state index in [1.54, 1.807) is 6.20 Å². The van der Waals surface area contributed by atoms with Crippen LogP contribution in [0.2, 0.25) is 0 Å². The summed E-state index contributed by atoms with van der Waals surface area (Å²) in [5, 5.41) is 3.45. The number of carbonyl (C=O) groups is 1. The Hall–Kier alpha value is -2.00. The van der Waals surface area contributed by atoms with Gasteiger partial charge in [-0.25, -0.2) is 0 Å². The molecule has 2 heterocycles. The normalized spacial score (nSPS) is 17.9. The number of ketones is 1. The monoisotopic (exact) mass is 308 g/mol. The van der Waals surface area contributed by atoms with E-state index in [-0.39, 0.29) is 5.78 Å². The molecule has 1 atom stereocenters. The molecule has 2 aromatic rings. The highest BCUT2D eigenvalue weighted by molar-refractivity contribution is 5.97. The summed E-state index contributed by atoms with van der Waals surface area (Å²) in [6.45, 7) is 4.26. The Balaban J connectivity index is 1.63. The van der Waals surface area contributed by atoms with Gasteiger partial charge in [-0.15, -0.1) is 0 Å². The van der Waals surface area contributed by atoms with Gasteiger partial charge in [0.15, 0.2) is 5.78 Å². The van der Waals surface area contributed by atoms with E-state index >= 15 is 0 Å². The lowest BCUT2D eigenvalue weighted by molar-refractivity contribution is 0.0992. The molecular weight excluding hydrogens is 284 g/mol. The van der Waals surface area contributed by atoms with E-state index in [0.29, 0.717) is 17.9 Å². The van der Waals surface area contributed by atoms with Crippen molar-refractivity contribution in [2.75, 3.05) is 13.1 Å². The maximum atomic E-state index is 12.4. The Bertz CT molecular complexity index is 640. The standard InChI is InChI=1S/C20H24N2O/c1-2-19-10-9-18(14-22-19)20(23)12-15-5-7-16(8-6-15)17-4-3-11-21-13-17/h5-10,14,17,21H,2-4,11-13H2,1H3/t17-/m1/s1. The van der Waals surface area contributed by atoms with Crippen molar-refractivity contribution in [3.8, 4) is 0 Å². The predicted octanol–water partition coefficient (Wildman–Crippen LogP) is 3.54. The van der Waals surface area contributed by atoms with Crippen molar-refractivity contribution in [3.63, 3.8) is 0 Å². The first kappa shape index (κ1) is 15.9. The number of piperidine rings is 1. The molecule has 1 aromatic carbocycles. The maximum Gasteiger partial charge on any atom is 0.168 e. The molecule has 0 aliphatic carbocycles. The molecule has 0 unspecified atom stereocenters. The molecule has 120 valence electrons. The molecular formula is C20H24N2O. The minimum atomic E-state index is 0.132. The van der Waals surface area contributed by atoms with Gasteiger partial charge in [-0.3, -0.25) is 9.78 Å². The smallest absolute Gasteiger partial charge is 0.168 e. The number of Topliss-reactive ketones (excluding diaryl/α,β-unsaturated/α-hetero) is 1. The first-order chi connectivity index (χ1) is 11.3. The number of aryl methyl sites for hydroxylation is 1. The van der Waals surface area contributed by atoms with E-state index in [4.69, 9.17) is 0 Å². The molecule has 1 aromatic heterocycles. The predicted molar refractivity (Wildman–Crippen MR) is 92.9 cm³/mol. The quantitative estimate of drug-likeness (QED) is 0.859. The van der Waals surface area contributed by atoms with Crippen molar-refractivity contribution in [2.45, 2.75) is 38.5 Å². The number of hydrogen-bond donors (Lipinski definition) is 1. The molecule has 1 N–H and O–H groups in total. The van der Waals surface area contributed by atoms with Crippen LogP contribution in [-0.2, 0) is 12.8 Å². The van der Waals surface area contributed by atoms with Crippen LogP contribution >= 0.6 is 0 Å². The van der Waals surface area contributed by atoms with Crippen LogP contribution in [-0.4, -0.2) is 23.9 Å². The summed E-state index contributed by atoms with van der Waals surface area (Å²) in [4.78, 5) is 16.7. The van der Waals surface area contributed by atoms with Gasteiger partial charge in [0.25, 0.3) is 0 Å². The fraction of sp³-hybridized carbons (Fsp3) is 0.400. The second-order valence-electron chi connectivity index (χ2n) is 6.28. The van der Waals surface area contributed by atoms with E-state index in [0.717, 1.165) is 30.8 Å². The molecule has 23 heavy (non-hydrogen) atoms. The number of nitrogens with zero attached hydrogens (tertiary/aromatic N) is 1. The summed E-state index contributed by atoms with van der Waals surface area (Å²) >= 11 is 0. The van der Waals surface area contributed by atoms with Gasteiger partial charge in [0, 0.05) is 30.4 Å². The number of rotatable bonds is 5. The molecule has 0 bridgehead atoms. The molecule has 3 nitrogen and oxygen atoms in total. The van der Waals surface area contributed by atoms with E-state index < -0.39 is 0 Å². The van der Waals surface area contributed by atoms with Crippen molar-refractivity contribution < 1.29 is 4.79 Å². The summed E-state index contributed by atoms with van der Waals surface area (Å²) in [5.41, 5.74) is 4.17. The third kappa shape index (κ3) is 4.05. The van der Waals surface area contributed by atoms with Crippen LogP contribution < -0.4 is 5.32 Å². The SMILES string of the molecule is CCc1ccc(C(=O)Cc2ccc([C@@H]3CCCNC3)cc2)cn1. The van der Waals surface area contributed by atoms with Gasteiger partial charge in [0.1, 0.15) is 0 Å². The van der Waals surface area contributed by atoms with Crippen molar-refractivity contribution >= 4 is 5.78 Å². The highest BCUT2D eigenvalue weighted by Crippen LogP contribution is 2.23. The molecule has 0 radical (unpaired) electrons. The lowest BCUT2D eigenvalue weighted by Gasteiger charge is -2.23. The Labute approximate surface area is 138 Å². The minimum Gasteiger partial charge on any atom is -0.316 e. The van der Waals surface area contributed by atoms with Gasteiger partial charge in [0.05, 0.1) is 0 Å². The molecule has 0 spiro atoms. The second kappa shape index (κ2) is 7.51. The average molecular weight is 308 g/mol. The van der Waals surface area contributed by atoms with Gasteiger partial charge in [0.2, 0.25) is 0 Å². The maximum absolute atomic E-state index is 12.4. The van der Waals surface area contributed by atoms with Gasteiger partial charge in [-0.05, 0) is 55.0 Å². The van der Waals surface area contributed by atoms with Gasteiger partial charge < -0.3 is 5.32 Å². The highest BCUT2D eigenvalue weighted by atomic mass is 16.1. The Kier molecular flexibility index (Phi) is 5.19.